The first-order chi connectivity index (χ1) is 19.0. The number of fused-ring (bicyclic) bond motifs is 3. The summed E-state index contributed by atoms with van der Waals surface area (Å²) in [7, 11) is 0. The first-order valence-corrected chi connectivity index (χ1v) is 14.5. The summed E-state index contributed by atoms with van der Waals surface area (Å²) >= 11 is 0. The van der Waals surface area contributed by atoms with E-state index in [4.69, 9.17) is 19.4 Å². The highest BCUT2D eigenvalue weighted by molar-refractivity contribution is 5.69. The number of anilines is 2. The maximum atomic E-state index is 13.1. The second kappa shape index (κ2) is 11.2. The van der Waals surface area contributed by atoms with E-state index < -0.39 is 0 Å². The van der Waals surface area contributed by atoms with Gasteiger partial charge in [0.2, 0.25) is 11.9 Å². The minimum atomic E-state index is -0.159. The summed E-state index contributed by atoms with van der Waals surface area (Å²) in [6, 6.07) is 0.847. The quantitative estimate of drug-likeness (QED) is 0.516. The lowest BCUT2D eigenvalue weighted by atomic mass is 9.98. The van der Waals surface area contributed by atoms with Crippen LogP contribution in [0.4, 0.5) is 16.7 Å². The van der Waals surface area contributed by atoms with E-state index in [1.807, 2.05) is 22.5 Å². The SMILES string of the molecule is CC#CCN1CC(OC(=O)N2C3CCC2CC(Nc2nc(NC4CCOCC4)nc4c(C(C)C)cnn24)C3)C1. The number of likely N-dealkylation sites (tertiary alicyclic amines) is 1. The molecule has 0 aliphatic carbocycles. The van der Waals surface area contributed by atoms with Crippen molar-refractivity contribution in [2.75, 3.05) is 43.5 Å². The summed E-state index contributed by atoms with van der Waals surface area (Å²) in [5, 5.41) is 11.9. The summed E-state index contributed by atoms with van der Waals surface area (Å²) in [5.41, 5.74) is 1.94. The van der Waals surface area contributed by atoms with Crippen LogP contribution in [-0.4, -0.2) is 98.6 Å². The summed E-state index contributed by atoms with van der Waals surface area (Å²) < 4.78 is 13.2. The van der Waals surface area contributed by atoms with Crippen LogP contribution in [0.1, 0.15) is 70.8 Å². The van der Waals surface area contributed by atoms with Crippen molar-refractivity contribution in [1.82, 2.24) is 29.4 Å². The Bertz CT molecular complexity index is 1230. The normalized spacial score (nSPS) is 25.8. The summed E-state index contributed by atoms with van der Waals surface area (Å²) in [4.78, 5) is 27.1. The molecule has 0 aromatic carbocycles. The zero-order valence-corrected chi connectivity index (χ0v) is 23.2. The molecule has 4 aliphatic rings. The van der Waals surface area contributed by atoms with E-state index in [0.29, 0.717) is 23.9 Å². The Morgan fingerprint density at radius 3 is 2.54 bits per heavy atom. The molecule has 2 unspecified atom stereocenters. The van der Waals surface area contributed by atoms with E-state index in [9.17, 15) is 4.79 Å². The monoisotopic (exact) mass is 536 g/mol. The number of rotatable bonds is 7. The number of amides is 1. The maximum absolute atomic E-state index is 13.1. The first kappa shape index (κ1) is 26.1. The van der Waals surface area contributed by atoms with Crippen LogP contribution in [-0.2, 0) is 9.47 Å². The molecule has 2 N–H and O–H groups in total. The van der Waals surface area contributed by atoms with Crippen LogP contribution in [0.5, 0.6) is 0 Å². The van der Waals surface area contributed by atoms with Gasteiger partial charge >= 0.3 is 6.09 Å². The molecule has 1 amide bonds. The lowest BCUT2D eigenvalue weighted by Crippen LogP contribution is -2.56. The Balaban J connectivity index is 1.13. The van der Waals surface area contributed by atoms with Crippen LogP contribution in [0.3, 0.4) is 0 Å². The molecule has 6 rings (SSSR count). The molecule has 2 bridgehead atoms. The van der Waals surface area contributed by atoms with E-state index in [1.54, 1.807) is 0 Å². The van der Waals surface area contributed by atoms with Crippen molar-refractivity contribution in [2.45, 2.75) is 95.5 Å². The van der Waals surface area contributed by atoms with Crippen molar-refractivity contribution in [3.05, 3.63) is 11.8 Å². The zero-order chi connectivity index (χ0) is 26.9. The maximum Gasteiger partial charge on any atom is 0.410 e. The van der Waals surface area contributed by atoms with E-state index >= 15 is 0 Å². The molecule has 4 fully saturated rings. The van der Waals surface area contributed by atoms with Crippen LogP contribution < -0.4 is 10.6 Å². The molecule has 4 aliphatic heterocycles. The number of ether oxygens (including phenoxy) is 2. The van der Waals surface area contributed by atoms with Crippen molar-refractivity contribution in [2.24, 2.45) is 0 Å². The van der Waals surface area contributed by atoms with Gasteiger partial charge in [-0.2, -0.15) is 19.6 Å². The highest BCUT2D eigenvalue weighted by atomic mass is 16.6. The third-order valence-corrected chi connectivity index (χ3v) is 8.52. The number of carbonyl (C=O) groups is 1. The molecule has 0 spiro atoms. The lowest BCUT2D eigenvalue weighted by Gasteiger charge is -2.42. The smallest absolute Gasteiger partial charge is 0.410 e. The molecule has 0 radical (unpaired) electrons. The molecule has 0 saturated carbocycles. The van der Waals surface area contributed by atoms with E-state index in [-0.39, 0.29) is 30.3 Å². The fraction of sp³-hybridized carbons (Fsp3) is 0.714. The Morgan fingerprint density at radius 2 is 1.85 bits per heavy atom. The van der Waals surface area contributed by atoms with Gasteiger partial charge in [0.25, 0.3) is 0 Å². The van der Waals surface area contributed by atoms with Gasteiger partial charge in [-0.05, 0) is 51.4 Å². The standard InChI is InChI=1S/C28H40N8O3/c1-4-5-10-34-16-23(17-34)39-28(37)35-21-6-7-22(35)14-20(13-21)31-27-33-26(30-19-8-11-38-12-9-19)32-25-24(18(2)3)15-29-36(25)27/h15,18-23H,6-14,16-17H2,1-3H3,(H2,30,31,32,33). The summed E-state index contributed by atoms with van der Waals surface area (Å²) in [5.74, 6) is 7.62. The molecule has 2 aromatic heterocycles. The molecule has 2 atom stereocenters. The summed E-state index contributed by atoms with van der Waals surface area (Å²) in [6.45, 7) is 9.95. The molecular formula is C28H40N8O3. The fourth-order valence-electron chi connectivity index (χ4n) is 6.38. The predicted molar refractivity (Wildman–Crippen MR) is 148 cm³/mol. The van der Waals surface area contributed by atoms with E-state index in [1.165, 1.54) is 0 Å². The molecule has 11 nitrogen and oxygen atoms in total. The van der Waals surface area contributed by atoms with Gasteiger partial charge in [-0.15, -0.1) is 5.92 Å². The van der Waals surface area contributed by atoms with Gasteiger partial charge in [0.1, 0.15) is 6.10 Å². The van der Waals surface area contributed by atoms with Crippen molar-refractivity contribution in [1.29, 1.82) is 0 Å². The topological polar surface area (TPSA) is 109 Å². The van der Waals surface area contributed by atoms with E-state index in [2.05, 4.69) is 46.3 Å². The van der Waals surface area contributed by atoms with E-state index in [0.717, 1.165) is 82.6 Å². The molecule has 210 valence electrons. The molecule has 4 saturated heterocycles. The zero-order valence-electron chi connectivity index (χ0n) is 23.2. The molecule has 39 heavy (non-hydrogen) atoms. The number of hydrogen-bond donors (Lipinski definition) is 2. The largest absolute Gasteiger partial charge is 0.443 e. The van der Waals surface area contributed by atoms with Gasteiger partial charge in [-0.1, -0.05) is 19.8 Å². The molecular weight excluding hydrogens is 496 g/mol. The van der Waals surface area contributed by atoms with Gasteiger partial charge in [0.05, 0.1) is 12.7 Å². The average Bonchev–Trinajstić information content (AvgIpc) is 3.45. The van der Waals surface area contributed by atoms with Crippen LogP contribution in [0, 0.1) is 11.8 Å². The Morgan fingerprint density at radius 1 is 1.10 bits per heavy atom. The number of piperidine rings is 1. The first-order valence-electron chi connectivity index (χ1n) is 14.5. The van der Waals surface area contributed by atoms with Crippen molar-refractivity contribution < 1.29 is 14.3 Å². The highest BCUT2D eigenvalue weighted by Crippen LogP contribution is 2.38. The number of hydrogen-bond acceptors (Lipinski definition) is 9. The molecule has 6 heterocycles. The highest BCUT2D eigenvalue weighted by Gasteiger charge is 2.45. The Hall–Kier alpha value is -3.10. The predicted octanol–water partition coefficient (Wildman–Crippen LogP) is 3.09. The summed E-state index contributed by atoms with van der Waals surface area (Å²) in [6.07, 6.45) is 7.34. The average molecular weight is 537 g/mol. The molecule has 2 aromatic rings. The third kappa shape index (κ3) is 5.50. The van der Waals surface area contributed by atoms with Gasteiger partial charge < -0.3 is 25.0 Å². The van der Waals surface area contributed by atoms with Crippen molar-refractivity contribution in [3.63, 3.8) is 0 Å². The van der Waals surface area contributed by atoms with Crippen LogP contribution in [0.2, 0.25) is 0 Å². The minimum absolute atomic E-state index is 0.0303. The van der Waals surface area contributed by atoms with Gasteiger partial charge in [-0.25, -0.2) is 4.79 Å². The van der Waals surface area contributed by atoms with Crippen LogP contribution in [0.25, 0.3) is 5.65 Å². The Labute approximate surface area is 230 Å². The number of nitrogens with zero attached hydrogens (tertiary/aromatic N) is 6. The fourth-order valence-corrected chi connectivity index (χ4v) is 6.38. The lowest BCUT2D eigenvalue weighted by molar-refractivity contribution is -0.0299. The van der Waals surface area contributed by atoms with Gasteiger partial charge in [0.15, 0.2) is 5.65 Å². The van der Waals surface area contributed by atoms with Crippen LogP contribution in [0.15, 0.2) is 6.20 Å². The van der Waals surface area contributed by atoms with Gasteiger partial charge in [-0.3, -0.25) is 4.90 Å². The van der Waals surface area contributed by atoms with Crippen LogP contribution >= 0.6 is 0 Å². The number of nitrogens with one attached hydrogen (secondary N) is 2. The number of carbonyl (C=O) groups excluding carboxylic acids is 1. The van der Waals surface area contributed by atoms with Crippen molar-refractivity contribution >= 4 is 23.6 Å². The minimum Gasteiger partial charge on any atom is -0.443 e. The second-order valence-corrected chi connectivity index (χ2v) is 11.6. The second-order valence-electron chi connectivity index (χ2n) is 11.6. The Kier molecular flexibility index (Phi) is 7.49. The number of aromatic nitrogens is 4. The third-order valence-electron chi connectivity index (χ3n) is 8.52. The molecule has 11 heteroatoms. The van der Waals surface area contributed by atoms with Crippen molar-refractivity contribution in [3.8, 4) is 11.8 Å². The van der Waals surface area contributed by atoms with Gasteiger partial charge in [0, 0.05) is 56.0 Å².